The van der Waals surface area contributed by atoms with Crippen molar-refractivity contribution in [2.24, 2.45) is 0 Å². The Hall–Kier alpha value is -2.15. The van der Waals surface area contributed by atoms with Gasteiger partial charge in [0.15, 0.2) is 0 Å². The van der Waals surface area contributed by atoms with Gasteiger partial charge >= 0.3 is 0 Å². The van der Waals surface area contributed by atoms with E-state index in [2.05, 4.69) is 55.4 Å². The van der Waals surface area contributed by atoms with Gasteiger partial charge in [-0.3, -0.25) is 0 Å². The lowest BCUT2D eigenvalue weighted by molar-refractivity contribution is -0.0139. The Balaban J connectivity index is 2.01. The molecule has 0 saturated carbocycles. The topological polar surface area (TPSA) is 36.3 Å². The molecule has 0 aromatic heterocycles. The van der Waals surface area contributed by atoms with Crippen molar-refractivity contribution in [1.82, 2.24) is 4.90 Å². The molecule has 3 heteroatoms. The molecule has 118 valence electrons. The maximum atomic E-state index is 9.12. The Morgan fingerprint density at radius 2 is 1.96 bits per heavy atom. The van der Waals surface area contributed by atoms with E-state index < -0.39 is 0 Å². The maximum Gasteiger partial charge on any atom is 0.119 e. The van der Waals surface area contributed by atoms with E-state index in [9.17, 15) is 0 Å². The van der Waals surface area contributed by atoms with E-state index >= 15 is 0 Å². The fourth-order valence-electron chi connectivity index (χ4n) is 3.40. The Kier molecular flexibility index (Phi) is 4.47. The van der Waals surface area contributed by atoms with Crippen LogP contribution in [-0.4, -0.2) is 25.5 Å². The number of hydrogen-bond acceptors (Lipinski definition) is 3. The second-order valence-electron chi connectivity index (χ2n) is 6.37. The standard InChI is InChI=1S/C20H22N2O/c1-22(2)12-6-11-20(18-7-4-3-5-8-18)19-10-9-16(14-21)13-17(19)15-23-20/h3-5,7-10,13H,6,11-12,15H2,1-2H3. The second-order valence-corrected chi connectivity index (χ2v) is 6.37. The van der Waals surface area contributed by atoms with Crippen molar-refractivity contribution in [1.29, 1.82) is 5.26 Å². The van der Waals surface area contributed by atoms with Gasteiger partial charge in [-0.05, 0) is 62.3 Å². The van der Waals surface area contributed by atoms with Crippen LogP contribution < -0.4 is 0 Å². The first-order valence-electron chi connectivity index (χ1n) is 8.03. The van der Waals surface area contributed by atoms with E-state index in [1.165, 1.54) is 11.1 Å². The summed E-state index contributed by atoms with van der Waals surface area (Å²) in [4.78, 5) is 2.20. The molecule has 0 radical (unpaired) electrons. The van der Waals surface area contributed by atoms with Crippen molar-refractivity contribution in [3.8, 4) is 6.07 Å². The maximum absolute atomic E-state index is 9.12. The van der Waals surface area contributed by atoms with Gasteiger partial charge in [-0.1, -0.05) is 36.4 Å². The number of hydrogen-bond donors (Lipinski definition) is 0. The highest BCUT2D eigenvalue weighted by Gasteiger charge is 2.41. The third kappa shape index (κ3) is 3.01. The van der Waals surface area contributed by atoms with Crippen molar-refractivity contribution >= 4 is 0 Å². The zero-order chi connectivity index (χ0) is 16.3. The van der Waals surface area contributed by atoms with E-state index in [0.29, 0.717) is 12.2 Å². The molecule has 0 fully saturated rings. The van der Waals surface area contributed by atoms with Crippen LogP contribution in [0.3, 0.4) is 0 Å². The van der Waals surface area contributed by atoms with Gasteiger partial charge < -0.3 is 9.64 Å². The first-order valence-corrected chi connectivity index (χ1v) is 8.03. The van der Waals surface area contributed by atoms with Gasteiger partial charge in [0.05, 0.1) is 18.2 Å². The summed E-state index contributed by atoms with van der Waals surface area (Å²) >= 11 is 0. The highest BCUT2D eigenvalue weighted by atomic mass is 16.5. The van der Waals surface area contributed by atoms with Crippen molar-refractivity contribution in [3.63, 3.8) is 0 Å². The molecule has 3 nitrogen and oxygen atoms in total. The Bertz CT molecular complexity index is 718. The van der Waals surface area contributed by atoms with Crippen LogP contribution in [0.1, 0.15) is 35.1 Å². The average Bonchev–Trinajstić information content (AvgIpc) is 2.94. The average molecular weight is 306 g/mol. The summed E-state index contributed by atoms with van der Waals surface area (Å²) in [7, 11) is 4.19. The predicted molar refractivity (Wildman–Crippen MR) is 91.0 cm³/mol. The van der Waals surface area contributed by atoms with Crippen LogP contribution in [0.15, 0.2) is 48.5 Å². The lowest BCUT2D eigenvalue weighted by atomic mass is 9.81. The van der Waals surface area contributed by atoms with Crippen LogP contribution in [0.25, 0.3) is 0 Å². The molecule has 0 saturated heterocycles. The molecule has 0 amide bonds. The molecular weight excluding hydrogens is 284 g/mol. The van der Waals surface area contributed by atoms with Crippen LogP contribution in [0.4, 0.5) is 0 Å². The highest BCUT2D eigenvalue weighted by molar-refractivity contribution is 5.47. The number of ether oxygens (including phenoxy) is 1. The summed E-state index contributed by atoms with van der Waals surface area (Å²) in [5.74, 6) is 0. The third-order valence-corrected chi connectivity index (χ3v) is 4.52. The minimum atomic E-state index is -0.388. The summed E-state index contributed by atoms with van der Waals surface area (Å²) in [6.45, 7) is 1.60. The SMILES string of the molecule is CN(C)CCCC1(c2ccccc2)OCc2cc(C#N)ccc21. The van der Waals surface area contributed by atoms with Crippen LogP contribution in [0.2, 0.25) is 0 Å². The van der Waals surface area contributed by atoms with Gasteiger partial charge in [-0.15, -0.1) is 0 Å². The van der Waals surface area contributed by atoms with Crippen molar-refractivity contribution < 1.29 is 4.74 Å². The van der Waals surface area contributed by atoms with Crippen LogP contribution >= 0.6 is 0 Å². The lowest BCUT2D eigenvalue weighted by Gasteiger charge is -2.31. The van der Waals surface area contributed by atoms with Gasteiger partial charge in [-0.25, -0.2) is 0 Å². The highest BCUT2D eigenvalue weighted by Crippen LogP contribution is 2.45. The van der Waals surface area contributed by atoms with E-state index in [4.69, 9.17) is 10.00 Å². The van der Waals surface area contributed by atoms with Crippen LogP contribution in [0.5, 0.6) is 0 Å². The molecule has 23 heavy (non-hydrogen) atoms. The number of fused-ring (bicyclic) bond motifs is 1. The molecule has 1 unspecified atom stereocenters. The Labute approximate surface area is 138 Å². The van der Waals surface area contributed by atoms with Crippen LogP contribution in [-0.2, 0) is 16.9 Å². The smallest absolute Gasteiger partial charge is 0.119 e. The minimum absolute atomic E-state index is 0.388. The van der Waals surface area contributed by atoms with Crippen molar-refractivity contribution in [2.75, 3.05) is 20.6 Å². The fraction of sp³-hybridized carbons (Fsp3) is 0.350. The summed E-state index contributed by atoms with van der Waals surface area (Å²) < 4.78 is 6.35. The normalized spacial score (nSPS) is 19.6. The summed E-state index contributed by atoms with van der Waals surface area (Å²) in [5, 5.41) is 9.12. The number of nitriles is 1. The van der Waals surface area contributed by atoms with E-state index in [-0.39, 0.29) is 5.60 Å². The first kappa shape index (κ1) is 15.7. The van der Waals surface area contributed by atoms with Gasteiger partial charge in [0.2, 0.25) is 0 Å². The molecule has 1 aliphatic heterocycles. The third-order valence-electron chi connectivity index (χ3n) is 4.52. The molecule has 0 bridgehead atoms. The van der Waals surface area contributed by atoms with Crippen LogP contribution in [0, 0.1) is 11.3 Å². The lowest BCUT2D eigenvalue weighted by Crippen LogP contribution is -2.28. The summed E-state index contributed by atoms with van der Waals surface area (Å²) in [5.41, 5.74) is 3.85. The molecule has 2 aromatic carbocycles. The number of nitrogens with zero attached hydrogens (tertiary/aromatic N) is 2. The number of rotatable bonds is 5. The number of benzene rings is 2. The van der Waals surface area contributed by atoms with E-state index in [1.807, 2.05) is 18.2 Å². The molecule has 1 atom stereocenters. The largest absolute Gasteiger partial charge is 0.361 e. The zero-order valence-corrected chi connectivity index (χ0v) is 13.7. The van der Waals surface area contributed by atoms with Gasteiger partial charge in [0.1, 0.15) is 5.60 Å². The molecule has 0 spiro atoms. The molecule has 0 N–H and O–H groups in total. The quantitative estimate of drug-likeness (QED) is 0.845. The molecular formula is C20H22N2O. The monoisotopic (exact) mass is 306 g/mol. The molecule has 1 heterocycles. The predicted octanol–water partition coefficient (Wildman–Crippen LogP) is 3.67. The molecule has 2 aromatic rings. The first-order chi connectivity index (χ1) is 11.2. The van der Waals surface area contributed by atoms with E-state index in [0.717, 1.165) is 24.9 Å². The summed E-state index contributed by atoms with van der Waals surface area (Å²) in [6, 6.07) is 18.6. The molecule has 3 rings (SSSR count). The minimum Gasteiger partial charge on any atom is -0.361 e. The second kappa shape index (κ2) is 6.54. The van der Waals surface area contributed by atoms with Crippen molar-refractivity contribution in [3.05, 3.63) is 70.8 Å². The summed E-state index contributed by atoms with van der Waals surface area (Å²) in [6.07, 6.45) is 2.00. The van der Waals surface area contributed by atoms with Crippen molar-refractivity contribution in [2.45, 2.75) is 25.0 Å². The Morgan fingerprint density at radius 1 is 1.17 bits per heavy atom. The molecule has 1 aliphatic rings. The zero-order valence-electron chi connectivity index (χ0n) is 13.7. The Morgan fingerprint density at radius 3 is 2.65 bits per heavy atom. The van der Waals surface area contributed by atoms with Gasteiger partial charge in [0, 0.05) is 0 Å². The fourth-order valence-corrected chi connectivity index (χ4v) is 3.40. The van der Waals surface area contributed by atoms with Gasteiger partial charge in [0.25, 0.3) is 0 Å². The van der Waals surface area contributed by atoms with E-state index in [1.54, 1.807) is 0 Å². The van der Waals surface area contributed by atoms with Gasteiger partial charge in [-0.2, -0.15) is 5.26 Å². The molecule has 0 aliphatic carbocycles.